The number of carboxylic acids is 1. The molecule has 1 N–H and O–H groups in total. The maximum Gasteiger partial charge on any atom is 0.307 e. The van der Waals surface area contributed by atoms with Gasteiger partial charge in [-0.2, -0.15) is 5.26 Å². The lowest BCUT2D eigenvalue weighted by Gasteiger charge is -2.17. The van der Waals surface area contributed by atoms with Crippen LogP contribution in [0.25, 0.3) is 45.1 Å². The fraction of sp³-hybridized carbons (Fsp3) is 0.342. The van der Waals surface area contributed by atoms with Gasteiger partial charge in [0.1, 0.15) is 23.0 Å². The fourth-order valence-electron chi connectivity index (χ4n) is 6.94. The molecule has 0 aliphatic carbocycles. The maximum atomic E-state index is 12.7. The number of nitriles is 1. The van der Waals surface area contributed by atoms with Crippen LogP contribution in [-0.4, -0.2) is 75.4 Å². The molecule has 2 aliphatic rings. The zero-order chi connectivity index (χ0) is 34.4. The number of aromatic nitrogens is 2. The summed E-state index contributed by atoms with van der Waals surface area (Å²) in [6.07, 6.45) is 1.08. The van der Waals surface area contributed by atoms with Crippen molar-refractivity contribution in [3.63, 3.8) is 0 Å². The molecule has 1 atom stereocenters. The summed E-state index contributed by atoms with van der Waals surface area (Å²) in [4.78, 5) is 39.6. The van der Waals surface area contributed by atoms with Gasteiger partial charge in [0.05, 0.1) is 24.6 Å². The lowest BCUT2D eigenvalue weighted by molar-refractivity contribution is -0.141. The van der Waals surface area contributed by atoms with Crippen LogP contribution in [0.2, 0.25) is 0 Å². The van der Waals surface area contributed by atoms with Crippen LogP contribution in [0.5, 0.6) is 0 Å². The molecule has 11 nitrogen and oxygen atoms in total. The van der Waals surface area contributed by atoms with Crippen molar-refractivity contribution < 1.29 is 23.5 Å². The molecule has 250 valence electrons. The zero-order valence-electron chi connectivity index (χ0n) is 28.1. The van der Waals surface area contributed by atoms with Gasteiger partial charge < -0.3 is 23.7 Å². The number of carboxylic acid groups (broad SMARTS) is 1. The average molecular weight is 659 g/mol. The van der Waals surface area contributed by atoms with Crippen LogP contribution < -0.4 is 0 Å². The number of nitrogens with zero attached hydrogens (tertiary/aromatic N) is 6. The fourth-order valence-corrected chi connectivity index (χ4v) is 6.94. The summed E-state index contributed by atoms with van der Waals surface area (Å²) >= 11 is 0. The van der Waals surface area contributed by atoms with E-state index in [9.17, 15) is 20.0 Å². The number of likely N-dealkylation sites (tertiary alicyclic amines) is 1. The van der Waals surface area contributed by atoms with Gasteiger partial charge >= 0.3 is 5.97 Å². The van der Waals surface area contributed by atoms with Crippen LogP contribution in [0.4, 0.5) is 0 Å². The molecule has 0 spiro atoms. The molecule has 4 heterocycles. The van der Waals surface area contributed by atoms with Crippen molar-refractivity contribution in [1.29, 1.82) is 5.26 Å². The van der Waals surface area contributed by atoms with E-state index < -0.39 is 5.97 Å². The Kier molecular flexibility index (Phi) is 8.52. The van der Waals surface area contributed by atoms with Crippen molar-refractivity contribution in [3.8, 4) is 40.1 Å². The van der Waals surface area contributed by atoms with Crippen molar-refractivity contribution in [3.05, 3.63) is 82.2 Å². The van der Waals surface area contributed by atoms with Crippen molar-refractivity contribution in [2.75, 3.05) is 33.7 Å². The number of benzene rings is 3. The standard InChI is InChI=1S/C38H38N6O5/c1-22-27(7-5-9-29(22)36-41-32-20-44(21-33(32)48-36)34(45)12-13-42(3)4)28-8-6-10-30(23(28)2)37-40-31-16-24(15-26(17-39)35(31)49-37)18-43-14-11-25(19-43)38(46)47/h5-10,15-16,25H,11-14,18-21H2,1-4H3,(H,46,47). The summed E-state index contributed by atoms with van der Waals surface area (Å²) in [5, 5.41) is 19.4. The summed E-state index contributed by atoms with van der Waals surface area (Å²) in [5.41, 5.74) is 8.87. The van der Waals surface area contributed by atoms with E-state index in [0.717, 1.165) is 50.4 Å². The minimum absolute atomic E-state index is 0.0953. The Morgan fingerprint density at radius 2 is 1.65 bits per heavy atom. The Labute approximate surface area is 284 Å². The lowest BCUT2D eigenvalue weighted by Crippen LogP contribution is -2.28. The lowest BCUT2D eigenvalue weighted by atomic mass is 9.91. The van der Waals surface area contributed by atoms with Crippen molar-refractivity contribution in [1.82, 2.24) is 24.7 Å². The quantitative estimate of drug-likeness (QED) is 0.200. The van der Waals surface area contributed by atoms with E-state index in [1.807, 2.05) is 62.3 Å². The van der Waals surface area contributed by atoms with Crippen LogP contribution >= 0.6 is 0 Å². The zero-order valence-corrected chi connectivity index (χ0v) is 28.1. The van der Waals surface area contributed by atoms with E-state index in [2.05, 4.69) is 30.0 Å². The van der Waals surface area contributed by atoms with E-state index in [1.165, 1.54) is 0 Å². The second-order valence-corrected chi connectivity index (χ2v) is 13.3. The Morgan fingerprint density at radius 1 is 0.980 bits per heavy atom. The van der Waals surface area contributed by atoms with Gasteiger partial charge in [-0.15, -0.1) is 0 Å². The minimum Gasteiger partial charge on any atom is -0.481 e. The topological polar surface area (TPSA) is 140 Å². The molecule has 5 aromatic rings. The van der Waals surface area contributed by atoms with Crippen LogP contribution in [0.1, 0.15) is 46.5 Å². The number of oxazole rings is 2. The highest BCUT2D eigenvalue weighted by atomic mass is 16.4. The molecule has 0 bridgehead atoms. The van der Waals surface area contributed by atoms with Gasteiger partial charge in [0.15, 0.2) is 5.58 Å². The SMILES string of the molecule is Cc1c(-c2nc3c(o2)CN(C(=O)CCN(C)C)C3)cccc1-c1cccc(-c2nc3cc(CN4CCC(C(=O)O)C4)cc(C#N)c3o2)c1C. The highest BCUT2D eigenvalue weighted by molar-refractivity contribution is 5.85. The molecule has 0 radical (unpaired) electrons. The molecule has 2 aliphatic heterocycles. The highest BCUT2D eigenvalue weighted by Gasteiger charge is 2.30. The van der Waals surface area contributed by atoms with Gasteiger partial charge in [-0.3, -0.25) is 14.5 Å². The van der Waals surface area contributed by atoms with Crippen molar-refractivity contribution >= 4 is 23.0 Å². The number of carbonyl (C=O) groups excluding carboxylic acids is 1. The summed E-state index contributed by atoms with van der Waals surface area (Å²) in [6.45, 7) is 7.40. The molecular weight excluding hydrogens is 620 g/mol. The molecule has 1 unspecified atom stereocenters. The first kappa shape index (κ1) is 32.2. The third-order valence-electron chi connectivity index (χ3n) is 9.70. The Morgan fingerprint density at radius 3 is 2.27 bits per heavy atom. The number of hydrogen-bond acceptors (Lipinski definition) is 9. The van der Waals surface area contributed by atoms with Gasteiger partial charge in [0.25, 0.3) is 0 Å². The third kappa shape index (κ3) is 6.21. The van der Waals surface area contributed by atoms with E-state index in [1.54, 1.807) is 4.90 Å². The molecule has 7 rings (SSSR count). The number of fused-ring (bicyclic) bond motifs is 2. The Bertz CT molecular complexity index is 2120. The number of amides is 1. The number of carbonyl (C=O) groups is 2. The first-order valence-corrected chi connectivity index (χ1v) is 16.5. The van der Waals surface area contributed by atoms with Gasteiger partial charge in [-0.05, 0) is 93.0 Å². The second-order valence-electron chi connectivity index (χ2n) is 13.3. The summed E-state index contributed by atoms with van der Waals surface area (Å²) in [7, 11) is 3.91. The molecule has 2 aromatic heterocycles. The summed E-state index contributed by atoms with van der Waals surface area (Å²) < 4.78 is 12.5. The Balaban J connectivity index is 1.15. The molecule has 1 amide bonds. The normalized spacial score (nSPS) is 16.1. The maximum absolute atomic E-state index is 12.7. The van der Waals surface area contributed by atoms with Crippen LogP contribution in [-0.2, 0) is 29.2 Å². The van der Waals surface area contributed by atoms with Gasteiger partial charge in [-0.1, -0.05) is 24.3 Å². The van der Waals surface area contributed by atoms with Gasteiger partial charge in [0, 0.05) is 37.2 Å². The predicted octanol–water partition coefficient (Wildman–Crippen LogP) is 6.01. The molecule has 11 heteroatoms. The highest BCUT2D eigenvalue weighted by Crippen LogP contribution is 2.39. The van der Waals surface area contributed by atoms with Gasteiger partial charge in [0.2, 0.25) is 17.7 Å². The first-order chi connectivity index (χ1) is 23.6. The number of hydrogen-bond donors (Lipinski definition) is 1. The number of aliphatic carboxylic acids is 1. The monoisotopic (exact) mass is 658 g/mol. The minimum atomic E-state index is -0.769. The van der Waals surface area contributed by atoms with Crippen molar-refractivity contribution in [2.45, 2.75) is 46.3 Å². The molecule has 0 saturated carbocycles. The predicted molar refractivity (Wildman–Crippen MR) is 183 cm³/mol. The van der Waals surface area contributed by atoms with E-state index in [-0.39, 0.29) is 11.8 Å². The van der Waals surface area contributed by atoms with Crippen LogP contribution in [0, 0.1) is 31.1 Å². The second kappa shape index (κ2) is 13.0. The van der Waals surface area contributed by atoms with E-state index in [4.69, 9.17) is 18.8 Å². The van der Waals surface area contributed by atoms with Crippen LogP contribution in [0.3, 0.4) is 0 Å². The molecular formula is C38H38N6O5. The summed E-state index contributed by atoms with van der Waals surface area (Å²) in [5.74, 6) is 0.668. The van der Waals surface area contributed by atoms with Crippen molar-refractivity contribution in [2.24, 2.45) is 5.92 Å². The molecule has 1 fully saturated rings. The Hall–Kier alpha value is -5.31. The molecule has 1 saturated heterocycles. The smallest absolute Gasteiger partial charge is 0.307 e. The summed E-state index contributed by atoms with van der Waals surface area (Å²) in [6, 6.07) is 18.1. The molecule has 49 heavy (non-hydrogen) atoms. The number of rotatable bonds is 9. The molecule has 3 aromatic carbocycles. The largest absolute Gasteiger partial charge is 0.481 e. The average Bonchev–Trinajstić information content (AvgIpc) is 3.87. The van der Waals surface area contributed by atoms with Crippen LogP contribution in [0.15, 0.2) is 57.4 Å². The third-order valence-corrected chi connectivity index (χ3v) is 9.70. The first-order valence-electron chi connectivity index (χ1n) is 16.5. The van der Waals surface area contributed by atoms with E-state index in [0.29, 0.717) is 80.6 Å². The van der Waals surface area contributed by atoms with Gasteiger partial charge in [-0.25, -0.2) is 9.97 Å². The van der Waals surface area contributed by atoms with E-state index >= 15 is 0 Å².